The Labute approximate surface area is 163 Å². The van der Waals surface area contributed by atoms with Crippen LogP contribution in [-0.2, 0) is 6.42 Å². The molecule has 3 heterocycles. The normalized spacial score (nSPS) is 18.2. The molecule has 0 spiro atoms. The van der Waals surface area contributed by atoms with Crippen LogP contribution >= 0.6 is 0 Å². The lowest BCUT2D eigenvalue weighted by Crippen LogP contribution is -2.30. The molecule has 0 N–H and O–H groups in total. The van der Waals surface area contributed by atoms with Crippen molar-refractivity contribution in [3.63, 3.8) is 0 Å². The first kappa shape index (κ1) is 17.0. The van der Waals surface area contributed by atoms with Crippen molar-refractivity contribution < 1.29 is 14.1 Å². The molecule has 5 rings (SSSR count). The average Bonchev–Trinajstić information content (AvgIpc) is 3.47. The van der Waals surface area contributed by atoms with Gasteiger partial charge in [0.15, 0.2) is 0 Å². The quantitative estimate of drug-likeness (QED) is 0.674. The van der Waals surface area contributed by atoms with Crippen LogP contribution in [0.3, 0.4) is 0 Å². The fourth-order valence-corrected chi connectivity index (χ4v) is 4.18. The fraction of sp³-hybridized carbons (Fsp3) is 0.304. The lowest BCUT2D eigenvalue weighted by molar-refractivity contribution is 0.0731. The molecule has 1 aromatic heterocycles. The predicted molar refractivity (Wildman–Crippen MR) is 105 cm³/mol. The number of hydrogen-bond donors (Lipinski definition) is 0. The Morgan fingerprint density at radius 1 is 1.11 bits per heavy atom. The fourth-order valence-electron chi connectivity index (χ4n) is 4.18. The minimum atomic E-state index is -0.00140. The highest BCUT2D eigenvalue weighted by Crippen LogP contribution is 2.34. The van der Waals surface area contributed by atoms with Gasteiger partial charge in [-0.25, -0.2) is 0 Å². The number of benzene rings is 2. The molecule has 2 aromatic carbocycles. The molecule has 0 bridgehead atoms. The molecule has 1 fully saturated rings. The summed E-state index contributed by atoms with van der Waals surface area (Å²) in [6.07, 6.45) is 2.88. The first-order valence-electron chi connectivity index (χ1n) is 9.79. The molecule has 5 nitrogen and oxygen atoms in total. The Kier molecular flexibility index (Phi) is 4.15. The van der Waals surface area contributed by atoms with Crippen LogP contribution in [0.1, 0.15) is 46.3 Å². The minimum Gasteiger partial charge on any atom is -0.493 e. The third-order valence-electron chi connectivity index (χ3n) is 5.66. The van der Waals surface area contributed by atoms with Gasteiger partial charge >= 0.3 is 0 Å². The van der Waals surface area contributed by atoms with Crippen molar-refractivity contribution in [2.24, 2.45) is 0 Å². The number of fused-ring (bicyclic) bond motifs is 1. The van der Waals surface area contributed by atoms with Gasteiger partial charge in [0.2, 0.25) is 0 Å². The molecular weight excluding hydrogens is 352 g/mol. The minimum absolute atomic E-state index is 0.00140. The van der Waals surface area contributed by atoms with Gasteiger partial charge in [0, 0.05) is 24.6 Å². The van der Waals surface area contributed by atoms with E-state index in [1.165, 1.54) is 5.56 Å². The maximum atomic E-state index is 13.1. The molecule has 5 heteroatoms. The molecule has 28 heavy (non-hydrogen) atoms. The van der Waals surface area contributed by atoms with E-state index >= 15 is 0 Å². The molecule has 2 aliphatic heterocycles. The van der Waals surface area contributed by atoms with Gasteiger partial charge in [-0.2, -0.15) is 0 Å². The number of rotatable bonds is 3. The van der Waals surface area contributed by atoms with Crippen LogP contribution in [0.25, 0.3) is 11.1 Å². The van der Waals surface area contributed by atoms with Crippen molar-refractivity contribution in [1.82, 2.24) is 10.1 Å². The lowest BCUT2D eigenvalue weighted by Gasteiger charge is -2.23. The Morgan fingerprint density at radius 2 is 1.93 bits per heavy atom. The maximum absolute atomic E-state index is 13.1. The molecule has 1 saturated heterocycles. The smallest absolute Gasteiger partial charge is 0.254 e. The van der Waals surface area contributed by atoms with E-state index < -0.39 is 0 Å². The average molecular weight is 374 g/mol. The number of hydrogen-bond acceptors (Lipinski definition) is 4. The van der Waals surface area contributed by atoms with Gasteiger partial charge in [-0.1, -0.05) is 29.4 Å². The number of ether oxygens (including phenoxy) is 1. The van der Waals surface area contributed by atoms with E-state index in [9.17, 15) is 4.79 Å². The second-order valence-corrected chi connectivity index (χ2v) is 7.52. The van der Waals surface area contributed by atoms with Gasteiger partial charge < -0.3 is 14.2 Å². The van der Waals surface area contributed by atoms with Gasteiger partial charge in [0.05, 0.1) is 12.6 Å². The number of carbonyl (C=O) groups excluding carboxylic acids is 1. The number of nitrogens with zero attached hydrogens (tertiary/aromatic N) is 2. The van der Waals surface area contributed by atoms with Gasteiger partial charge in [-0.3, -0.25) is 4.79 Å². The molecular formula is C23H22N2O3. The van der Waals surface area contributed by atoms with Gasteiger partial charge in [0.1, 0.15) is 17.2 Å². The molecule has 142 valence electrons. The zero-order valence-electron chi connectivity index (χ0n) is 15.9. The number of amides is 1. The summed E-state index contributed by atoms with van der Waals surface area (Å²) < 4.78 is 10.9. The summed E-state index contributed by atoms with van der Waals surface area (Å²) in [6.45, 7) is 3.38. The van der Waals surface area contributed by atoms with E-state index in [2.05, 4.69) is 23.4 Å². The van der Waals surface area contributed by atoms with Gasteiger partial charge in [-0.05, 0) is 54.7 Å². The summed E-state index contributed by atoms with van der Waals surface area (Å²) in [5.41, 5.74) is 5.00. The monoisotopic (exact) mass is 374 g/mol. The van der Waals surface area contributed by atoms with E-state index in [-0.39, 0.29) is 11.9 Å². The van der Waals surface area contributed by atoms with E-state index in [1.807, 2.05) is 42.2 Å². The summed E-state index contributed by atoms with van der Waals surface area (Å²) in [7, 11) is 0. The number of likely N-dealkylation sites (tertiary alicyclic amines) is 1. The van der Waals surface area contributed by atoms with Crippen LogP contribution in [0.4, 0.5) is 0 Å². The highest BCUT2D eigenvalue weighted by atomic mass is 16.5. The van der Waals surface area contributed by atoms with Crippen molar-refractivity contribution >= 4 is 5.91 Å². The first-order valence-corrected chi connectivity index (χ1v) is 9.79. The summed E-state index contributed by atoms with van der Waals surface area (Å²) in [4.78, 5) is 15.0. The Hall–Kier alpha value is -3.08. The zero-order valence-corrected chi connectivity index (χ0v) is 15.9. The van der Waals surface area contributed by atoms with E-state index in [0.717, 1.165) is 60.7 Å². The largest absolute Gasteiger partial charge is 0.493 e. The van der Waals surface area contributed by atoms with Crippen molar-refractivity contribution in [3.8, 4) is 16.9 Å². The topological polar surface area (TPSA) is 55.6 Å². The van der Waals surface area contributed by atoms with Crippen molar-refractivity contribution in [2.45, 2.75) is 32.2 Å². The van der Waals surface area contributed by atoms with Gasteiger partial charge in [0.25, 0.3) is 5.91 Å². The third-order valence-corrected chi connectivity index (χ3v) is 5.66. The predicted octanol–water partition coefficient (Wildman–Crippen LogP) is 4.56. The molecule has 2 aliphatic rings. The third kappa shape index (κ3) is 2.97. The van der Waals surface area contributed by atoms with Crippen LogP contribution in [0, 0.1) is 6.92 Å². The highest BCUT2D eigenvalue weighted by molar-refractivity contribution is 5.95. The molecule has 1 unspecified atom stereocenters. The van der Waals surface area contributed by atoms with E-state index in [4.69, 9.17) is 9.26 Å². The second-order valence-electron chi connectivity index (χ2n) is 7.52. The van der Waals surface area contributed by atoms with E-state index in [1.54, 1.807) is 0 Å². The van der Waals surface area contributed by atoms with Crippen LogP contribution in [0.5, 0.6) is 5.75 Å². The first-order chi connectivity index (χ1) is 13.7. The maximum Gasteiger partial charge on any atom is 0.254 e. The number of aromatic nitrogens is 1. The summed E-state index contributed by atoms with van der Waals surface area (Å²) in [6, 6.07) is 16.1. The van der Waals surface area contributed by atoms with Crippen LogP contribution < -0.4 is 4.74 Å². The van der Waals surface area contributed by atoms with Crippen LogP contribution in [0.2, 0.25) is 0 Å². The molecule has 0 saturated carbocycles. The number of aryl methyl sites for hydroxylation is 1. The zero-order chi connectivity index (χ0) is 19.1. The Morgan fingerprint density at radius 3 is 2.71 bits per heavy atom. The SMILES string of the molecule is Cc1cc(C2CCCN2C(=O)c2ccc(-c3ccc4c(c3)OCC4)cc2)no1. The summed E-state index contributed by atoms with van der Waals surface area (Å²) >= 11 is 0. The molecule has 3 aromatic rings. The highest BCUT2D eigenvalue weighted by Gasteiger charge is 2.32. The van der Waals surface area contributed by atoms with Crippen LogP contribution in [0.15, 0.2) is 53.1 Å². The lowest BCUT2D eigenvalue weighted by atomic mass is 10.0. The molecule has 1 amide bonds. The van der Waals surface area contributed by atoms with Gasteiger partial charge in [-0.15, -0.1) is 0 Å². The standard InChI is InChI=1S/C23H22N2O3/c1-15-13-20(24-28-15)21-3-2-11-25(21)23(26)18-7-4-16(5-8-18)19-9-6-17-10-12-27-22(17)14-19/h4-9,13-14,21H,2-3,10-12H2,1H3. The van der Waals surface area contributed by atoms with Crippen molar-refractivity contribution in [2.75, 3.05) is 13.2 Å². The molecule has 0 aliphatic carbocycles. The molecule has 0 radical (unpaired) electrons. The Balaban J connectivity index is 1.37. The summed E-state index contributed by atoms with van der Waals surface area (Å²) in [5, 5.41) is 4.13. The molecule has 1 atom stereocenters. The summed E-state index contributed by atoms with van der Waals surface area (Å²) in [5.74, 6) is 1.80. The van der Waals surface area contributed by atoms with Crippen molar-refractivity contribution in [3.05, 3.63) is 71.1 Å². The Bertz CT molecular complexity index is 1020. The number of carbonyl (C=O) groups is 1. The van der Waals surface area contributed by atoms with Crippen LogP contribution in [-0.4, -0.2) is 29.1 Å². The second kappa shape index (κ2) is 6.82. The van der Waals surface area contributed by atoms with Crippen molar-refractivity contribution in [1.29, 1.82) is 0 Å². The van der Waals surface area contributed by atoms with E-state index in [0.29, 0.717) is 5.56 Å².